The fourth-order valence-corrected chi connectivity index (χ4v) is 2.94. The fraction of sp³-hybridized carbons (Fsp3) is 0.562. The molecule has 0 unspecified atom stereocenters. The SMILES string of the molecule is C[C@H]1CN(C2CN(C(=O)OCc3ccccc3)C2)CCN1. The first-order valence-electron chi connectivity index (χ1n) is 7.65. The largest absolute Gasteiger partial charge is 0.445 e. The van der Waals surface area contributed by atoms with E-state index < -0.39 is 0 Å². The highest BCUT2D eigenvalue weighted by atomic mass is 16.6. The van der Waals surface area contributed by atoms with E-state index in [-0.39, 0.29) is 6.09 Å². The molecular weight excluding hydrogens is 266 g/mol. The number of hydrogen-bond donors (Lipinski definition) is 1. The van der Waals surface area contributed by atoms with Crippen molar-refractivity contribution in [1.29, 1.82) is 0 Å². The lowest BCUT2D eigenvalue weighted by molar-refractivity contribution is 0.00970. The predicted octanol–water partition coefficient (Wildman–Crippen LogP) is 1.30. The molecule has 0 saturated carbocycles. The highest BCUT2D eigenvalue weighted by Crippen LogP contribution is 2.18. The third-order valence-corrected chi connectivity index (χ3v) is 4.24. The molecule has 0 aromatic heterocycles. The summed E-state index contributed by atoms with van der Waals surface area (Å²) in [6, 6.07) is 10.8. The Hall–Kier alpha value is -1.59. The van der Waals surface area contributed by atoms with Gasteiger partial charge in [0.05, 0.1) is 0 Å². The Labute approximate surface area is 125 Å². The van der Waals surface area contributed by atoms with Gasteiger partial charge in [0.25, 0.3) is 0 Å². The van der Waals surface area contributed by atoms with Gasteiger partial charge in [-0.15, -0.1) is 0 Å². The number of rotatable bonds is 3. The first kappa shape index (κ1) is 14.4. The van der Waals surface area contributed by atoms with E-state index in [0.29, 0.717) is 18.7 Å². The minimum absolute atomic E-state index is 0.196. The molecule has 1 N–H and O–H groups in total. The van der Waals surface area contributed by atoms with E-state index >= 15 is 0 Å². The molecule has 0 radical (unpaired) electrons. The van der Waals surface area contributed by atoms with Crippen LogP contribution < -0.4 is 5.32 Å². The molecule has 2 aliphatic rings. The summed E-state index contributed by atoms with van der Waals surface area (Å²) in [6.07, 6.45) is -0.196. The Morgan fingerprint density at radius 1 is 1.29 bits per heavy atom. The van der Waals surface area contributed by atoms with Gasteiger partial charge in [-0.25, -0.2) is 4.79 Å². The van der Waals surface area contributed by atoms with E-state index in [1.807, 2.05) is 30.3 Å². The van der Waals surface area contributed by atoms with Gasteiger partial charge in [-0.3, -0.25) is 4.90 Å². The third-order valence-electron chi connectivity index (χ3n) is 4.24. The summed E-state index contributed by atoms with van der Waals surface area (Å²) in [5, 5.41) is 3.44. The maximum absolute atomic E-state index is 12.0. The second-order valence-electron chi connectivity index (χ2n) is 5.95. The molecule has 2 fully saturated rings. The predicted molar refractivity (Wildman–Crippen MR) is 81.0 cm³/mol. The number of carbonyl (C=O) groups excluding carboxylic acids is 1. The van der Waals surface area contributed by atoms with Crippen molar-refractivity contribution in [1.82, 2.24) is 15.1 Å². The summed E-state index contributed by atoms with van der Waals surface area (Å²) < 4.78 is 5.34. The van der Waals surface area contributed by atoms with Crippen LogP contribution in [0.15, 0.2) is 30.3 Å². The second kappa shape index (κ2) is 6.45. The lowest BCUT2D eigenvalue weighted by Gasteiger charge is -2.47. The zero-order valence-electron chi connectivity index (χ0n) is 12.5. The number of nitrogens with one attached hydrogen (secondary N) is 1. The Morgan fingerprint density at radius 2 is 2.05 bits per heavy atom. The highest BCUT2D eigenvalue weighted by Gasteiger charge is 2.36. The average Bonchev–Trinajstić information content (AvgIpc) is 2.45. The number of benzene rings is 1. The van der Waals surface area contributed by atoms with E-state index in [2.05, 4.69) is 17.1 Å². The summed E-state index contributed by atoms with van der Waals surface area (Å²) in [5.74, 6) is 0. The van der Waals surface area contributed by atoms with Crippen molar-refractivity contribution in [2.75, 3.05) is 32.7 Å². The van der Waals surface area contributed by atoms with Crippen molar-refractivity contribution in [2.45, 2.75) is 25.6 Å². The Kier molecular flexibility index (Phi) is 4.41. The van der Waals surface area contributed by atoms with Crippen molar-refractivity contribution in [3.05, 3.63) is 35.9 Å². The molecule has 5 nitrogen and oxygen atoms in total. The monoisotopic (exact) mass is 289 g/mol. The van der Waals surface area contributed by atoms with Gasteiger partial charge in [0.15, 0.2) is 0 Å². The van der Waals surface area contributed by atoms with Crippen LogP contribution in [0.3, 0.4) is 0 Å². The normalized spacial score (nSPS) is 23.7. The lowest BCUT2D eigenvalue weighted by atomic mass is 10.1. The molecule has 2 heterocycles. The van der Waals surface area contributed by atoms with Gasteiger partial charge >= 0.3 is 6.09 Å². The first-order valence-corrected chi connectivity index (χ1v) is 7.65. The van der Waals surface area contributed by atoms with Gasteiger partial charge in [-0.05, 0) is 12.5 Å². The zero-order valence-corrected chi connectivity index (χ0v) is 12.5. The zero-order chi connectivity index (χ0) is 14.7. The average molecular weight is 289 g/mol. The third kappa shape index (κ3) is 3.54. The molecule has 2 saturated heterocycles. The van der Waals surface area contributed by atoms with Crippen molar-refractivity contribution in [3.63, 3.8) is 0 Å². The minimum Gasteiger partial charge on any atom is -0.445 e. The highest BCUT2D eigenvalue weighted by molar-refractivity contribution is 5.68. The van der Waals surface area contributed by atoms with Crippen molar-refractivity contribution < 1.29 is 9.53 Å². The van der Waals surface area contributed by atoms with Crippen LogP contribution >= 0.6 is 0 Å². The molecule has 0 spiro atoms. The van der Waals surface area contributed by atoms with Gasteiger partial charge < -0.3 is 15.0 Å². The molecule has 21 heavy (non-hydrogen) atoms. The van der Waals surface area contributed by atoms with Gasteiger partial charge in [-0.2, -0.15) is 0 Å². The Balaban J connectivity index is 1.40. The maximum Gasteiger partial charge on any atom is 0.410 e. The number of ether oxygens (including phenoxy) is 1. The molecule has 1 amide bonds. The van der Waals surface area contributed by atoms with Gasteiger partial charge in [-0.1, -0.05) is 30.3 Å². The van der Waals surface area contributed by atoms with Gasteiger partial charge in [0.1, 0.15) is 6.61 Å². The van der Waals surface area contributed by atoms with Crippen LogP contribution in [-0.2, 0) is 11.3 Å². The van der Waals surface area contributed by atoms with Crippen LogP contribution in [0.25, 0.3) is 0 Å². The minimum atomic E-state index is -0.196. The van der Waals surface area contributed by atoms with E-state index in [9.17, 15) is 4.79 Å². The first-order chi connectivity index (χ1) is 10.2. The molecule has 2 aliphatic heterocycles. The van der Waals surface area contributed by atoms with Crippen LogP contribution in [0, 0.1) is 0 Å². The molecule has 0 aliphatic carbocycles. The van der Waals surface area contributed by atoms with Crippen molar-refractivity contribution in [2.24, 2.45) is 0 Å². The Morgan fingerprint density at radius 3 is 2.76 bits per heavy atom. The molecule has 0 bridgehead atoms. The number of likely N-dealkylation sites (tertiary alicyclic amines) is 1. The van der Waals surface area contributed by atoms with E-state index in [1.165, 1.54) is 0 Å². The standard InChI is InChI=1S/C16H23N3O2/c1-13-9-18(8-7-17-13)15-10-19(11-15)16(20)21-12-14-5-3-2-4-6-14/h2-6,13,15,17H,7-12H2,1H3/t13-/m0/s1. The molecule has 3 rings (SSSR count). The number of nitrogens with zero attached hydrogens (tertiary/aromatic N) is 2. The number of hydrogen-bond acceptors (Lipinski definition) is 4. The van der Waals surface area contributed by atoms with Crippen LogP contribution in [0.2, 0.25) is 0 Å². The van der Waals surface area contributed by atoms with Crippen LogP contribution in [0.4, 0.5) is 4.79 Å². The van der Waals surface area contributed by atoms with E-state index in [4.69, 9.17) is 4.74 Å². The van der Waals surface area contributed by atoms with Crippen LogP contribution in [-0.4, -0.2) is 60.7 Å². The van der Waals surface area contributed by atoms with Crippen molar-refractivity contribution >= 4 is 6.09 Å². The number of amides is 1. The topological polar surface area (TPSA) is 44.8 Å². The molecule has 1 atom stereocenters. The summed E-state index contributed by atoms with van der Waals surface area (Å²) in [4.78, 5) is 16.2. The maximum atomic E-state index is 12.0. The van der Waals surface area contributed by atoms with Crippen LogP contribution in [0.1, 0.15) is 12.5 Å². The summed E-state index contributed by atoms with van der Waals surface area (Å²) in [6.45, 7) is 7.32. The van der Waals surface area contributed by atoms with Gasteiger partial charge in [0.2, 0.25) is 0 Å². The van der Waals surface area contributed by atoms with Crippen LogP contribution in [0.5, 0.6) is 0 Å². The van der Waals surface area contributed by atoms with E-state index in [1.54, 1.807) is 4.90 Å². The molecule has 5 heteroatoms. The van der Waals surface area contributed by atoms with Crippen molar-refractivity contribution in [3.8, 4) is 0 Å². The lowest BCUT2D eigenvalue weighted by Crippen LogP contribution is -2.65. The Bertz CT molecular complexity index is 474. The number of carbonyl (C=O) groups is 1. The number of piperazine rings is 1. The smallest absolute Gasteiger partial charge is 0.410 e. The molecular formula is C16H23N3O2. The summed E-state index contributed by atoms with van der Waals surface area (Å²) >= 11 is 0. The molecule has 114 valence electrons. The van der Waals surface area contributed by atoms with E-state index in [0.717, 1.165) is 38.3 Å². The fourth-order valence-electron chi connectivity index (χ4n) is 2.94. The summed E-state index contributed by atoms with van der Waals surface area (Å²) in [5.41, 5.74) is 1.03. The summed E-state index contributed by atoms with van der Waals surface area (Å²) in [7, 11) is 0. The molecule has 1 aromatic carbocycles. The second-order valence-corrected chi connectivity index (χ2v) is 5.95. The quantitative estimate of drug-likeness (QED) is 0.911. The molecule has 1 aromatic rings. The van der Waals surface area contributed by atoms with Gasteiger partial charge in [0, 0.05) is 44.8 Å².